The van der Waals surface area contributed by atoms with Crippen LogP contribution in [0.4, 0.5) is 0 Å². The molecule has 2 heterocycles. The van der Waals surface area contributed by atoms with Crippen LogP contribution in [0.25, 0.3) is 5.78 Å². The van der Waals surface area contributed by atoms with Gasteiger partial charge < -0.3 is 10.3 Å². The molecule has 0 atom stereocenters. The number of aryl methyl sites for hydroxylation is 3. The Morgan fingerprint density at radius 1 is 1.10 bits per heavy atom. The Labute approximate surface area is 118 Å². The van der Waals surface area contributed by atoms with Crippen LogP contribution in [0.1, 0.15) is 17.1 Å². The fourth-order valence-corrected chi connectivity index (χ4v) is 2.40. The van der Waals surface area contributed by atoms with Gasteiger partial charge in [-0.3, -0.25) is 0 Å². The molecular weight excluding hydrogens is 250 g/mol. The van der Waals surface area contributed by atoms with E-state index in [0.717, 1.165) is 36.6 Å². The van der Waals surface area contributed by atoms with Crippen molar-refractivity contribution in [2.75, 3.05) is 6.54 Å². The molecule has 0 spiro atoms. The van der Waals surface area contributed by atoms with Crippen molar-refractivity contribution in [3.63, 3.8) is 0 Å². The Morgan fingerprint density at radius 2 is 1.90 bits per heavy atom. The standard InChI is InChI=1S/C15H19N5/c1-19-14(8-7-12-5-3-2-4-6-12)18-20-11-13(9-10-16)17-15(19)20/h2-6,11H,7-10,16H2,1H3. The SMILES string of the molecule is Cn1c(CCc2ccccc2)nn2cc(CCN)nc12. The number of nitrogens with two attached hydrogens (primary N) is 1. The lowest BCUT2D eigenvalue weighted by Gasteiger charge is -2.01. The van der Waals surface area contributed by atoms with Crippen molar-refractivity contribution in [2.24, 2.45) is 12.8 Å². The highest BCUT2D eigenvalue weighted by Gasteiger charge is 2.11. The van der Waals surface area contributed by atoms with Crippen LogP contribution in [0.2, 0.25) is 0 Å². The maximum absolute atomic E-state index is 5.55. The van der Waals surface area contributed by atoms with Gasteiger partial charge in [-0.05, 0) is 18.5 Å². The number of fused-ring (bicyclic) bond motifs is 1. The lowest BCUT2D eigenvalue weighted by molar-refractivity contribution is 0.766. The molecule has 0 unspecified atom stereocenters. The van der Waals surface area contributed by atoms with Crippen LogP contribution in [-0.2, 0) is 26.3 Å². The van der Waals surface area contributed by atoms with E-state index in [4.69, 9.17) is 5.73 Å². The summed E-state index contributed by atoms with van der Waals surface area (Å²) >= 11 is 0. The van der Waals surface area contributed by atoms with E-state index in [-0.39, 0.29) is 0 Å². The Bertz CT molecular complexity index is 696. The predicted molar refractivity (Wildman–Crippen MR) is 78.6 cm³/mol. The molecule has 0 aliphatic heterocycles. The van der Waals surface area contributed by atoms with E-state index in [2.05, 4.69) is 38.9 Å². The van der Waals surface area contributed by atoms with Gasteiger partial charge >= 0.3 is 0 Å². The first-order chi connectivity index (χ1) is 9.78. The van der Waals surface area contributed by atoms with E-state index < -0.39 is 0 Å². The van der Waals surface area contributed by atoms with Crippen LogP contribution in [0, 0.1) is 0 Å². The van der Waals surface area contributed by atoms with Gasteiger partial charge in [-0.15, -0.1) is 0 Å². The van der Waals surface area contributed by atoms with Crippen molar-refractivity contribution in [1.82, 2.24) is 19.2 Å². The van der Waals surface area contributed by atoms with Crippen molar-refractivity contribution < 1.29 is 0 Å². The van der Waals surface area contributed by atoms with Gasteiger partial charge in [0.1, 0.15) is 5.82 Å². The van der Waals surface area contributed by atoms with Crippen LogP contribution in [0.5, 0.6) is 0 Å². The number of benzene rings is 1. The number of hydrogen-bond donors (Lipinski definition) is 1. The molecule has 104 valence electrons. The van der Waals surface area contributed by atoms with Crippen LogP contribution in [0.3, 0.4) is 0 Å². The normalized spacial score (nSPS) is 11.3. The predicted octanol–water partition coefficient (Wildman–Crippen LogP) is 1.35. The average Bonchev–Trinajstić information content (AvgIpc) is 2.98. The highest BCUT2D eigenvalue weighted by atomic mass is 15.4. The molecule has 0 aliphatic carbocycles. The summed E-state index contributed by atoms with van der Waals surface area (Å²) in [5.41, 5.74) is 7.89. The van der Waals surface area contributed by atoms with Gasteiger partial charge in [-0.2, -0.15) is 5.10 Å². The minimum Gasteiger partial charge on any atom is -0.330 e. The molecular formula is C15H19N5. The summed E-state index contributed by atoms with van der Waals surface area (Å²) in [4.78, 5) is 4.56. The summed E-state index contributed by atoms with van der Waals surface area (Å²) in [6.07, 6.45) is 4.66. The van der Waals surface area contributed by atoms with Gasteiger partial charge in [0.25, 0.3) is 0 Å². The smallest absolute Gasteiger partial charge is 0.232 e. The van der Waals surface area contributed by atoms with Crippen molar-refractivity contribution in [3.05, 3.63) is 53.6 Å². The molecule has 1 aromatic carbocycles. The first-order valence-corrected chi connectivity index (χ1v) is 6.92. The van der Waals surface area contributed by atoms with Crippen molar-refractivity contribution in [2.45, 2.75) is 19.3 Å². The molecule has 3 aromatic rings. The lowest BCUT2D eigenvalue weighted by atomic mass is 10.1. The van der Waals surface area contributed by atoms with Crippen molar-refractivity contribution in [3.8, 4) is 0 Å². The van der Waals surface area contributed by atoms with Crippen LogP contribution in [0.15, 0.2) is 36.5 Å². The van der Waals surface area contributed by atoms with E-state index in [1.165, 1.54) is 5.56 Å². The second-order valence-corrected chi connectivity index (χ2v) is 4.98. The minimum absolute atomic E-state index is 0.616. The van der Waals surface area contributed by atoms with Crippen LogP contribution in [-0.4, -0.2) is 25.7 Å². The molecule has 3 rings (SSSR count). The average molecular weight is 269 g/mol. The number of hydrogen-bond acceptors (Lipinski definition) is 3. The Hall–Kier alpha value is -2.14. The highest BCUT2D eigenvalue weighted by Crippen LogP contribution is 2.10. The number of aromatic nitrogens is 4. The van der Waals surface area contributed by atoms with Gasteiger partial charge in [-0.25, -0.2) is 9.50 Å². The monoisotopic (exact) mass is 269 g/mol. The summed E-state index contributed by atoms with van der Waals surface area (Å²) in [6, 6.07) is 10.5. The molecule has 5 heteroatoms. The largest absolute Gasteiger partial charge is 0.330 e. The van der Waals surface area contributed by atoms with E-state index in [9.17, 15) is 0 Å². The van der Waals surface area contributed by atoms with Gasteiger partial charge in [0.05, 0.1) is 11.9 Å². The summed E-state index contributed by atoms with van der Waals surface area (Å²) in [7, 11) is 2.02. The van der Waals surface area contributed by atoms with E-state index >= 15 is 0 Å². The Morgan fingerprint density at radius 3 is 2.60 bits per heavy atom. The zero-order valence-electron chi connectivity index (χ0n) is 11.7. The third-order valence-corrected chi connectivity index (χ3v) is 3.51. The first kappa shape index (κ1) is 12.9. The minimum atomic E-state index is 0.616. The van der Waals surface area contributed by atoms with E-state index in [0.29, 0.717) is 6.54 Å². The number of imidazole rings is 1. The molecule has 0 amide bonds. The third-order valence-electron chi connectivity index (χ3n) is 3.51. The molecule has 0 aliphatic rings. The summed E-state index contributed by atoms with van der Waals surface area (Å²) in [5, 5.41) is 4.61. The molecule has 0 saturated carbocycles. The fraction of sp³-hybridized carbons (Fsp3) is 0.333. The maximum atomic E-state index is 5.55. The quantitative estimate of drug-likeness (QED) is 0.760. The molecule has 0 fully saturated rings. The zero-order valence-corrected chi connectivity index (χ0v) is 11.7. The second-order valence-electron chi connectivity index (χ2n) is 4.98. The zero-order chi connectivity index (χ0) is 13.9. The number of nitrogens with zero attached hydrogens (tertiary/aromatic N) is 4. The summed E-state index contributed by atoms with van der Waals surface area (Å²) < 4.78 is 3.91. The topological polar surface area (TPSA) is 61.1 Å². The van der Waals surface area contributed by atoms with Crippen molar-refractivity contribution >= 4 is 5.78 Å². The fourth-order valence-electron chi connectivity index (χ4n) is 2.40. The Kier molecular flexibility index (Phi) is 3.52. The summed E-state index contributed by atoms with van der Waals surface area (Å²) in [6.45, 7) is 0.616. The first-order valence-electron chi connectivity index (χ1n) is 6.92. The van der Waals surface area contributed by atoms with E-state index in [1.807, 2.05) is 23.8 Å². The summed E-state index contributed by atoms with van der Waals surface area (Å²) in [5.74, 6) is 1.94. The van der Waals surface area contributed by atoms with Crippen molar-refractivity contribution in [1.29, 1.82) is 0 Å². The molecule has 5 nitrogen and oxygen atoms in total. The second kappa shape index (κ2) is 5.46. The van der Waals surface area contributed by atoms with Crippen LogP contribution < -0.4 is 5.73 Å². The van der Waals surface area contributed by atoms with Gasteiger partial charge in [0.15, 0.2) is 0 Å². The Balaban J connectivity index is 1.78. The maximum Gasteiger partial charge on any atom is 0.232 e. The number of rotatable bonds is 5. The molecule has 0 bridgehead atoms. The molecule has 20 heavy (non-hydrogen) atoms. The molecule has 2 N–H and O–H groups in total. The van der Waals surface area contributed by atoms with Crippen LogP contribution >= 0.6 is 0 Å². The van der Waals surface area contributed by atoms with Gasteiger partial charge in [0.2, 0.25) is 5.78 Å². The molecule has 0 saturated heterocycles. The molecule has 0 radical (unpaired) electrons. The van der Waals surface area contributed by atoms with Gasteiger partial charge in [0, 0.05) is 19.9 Å². The lowest BCUT2D eigenvalue weighted by Crippen LogP contribution is -2.04. The van der Waals surface area contributed by atoms with Gasteiger partial charge in [-0.1, -0.05) is 30.3 Å². The van der Waals surface area contributed by atoms with E-state index in [1.54, 1.807) is 0 Å². The third kappa shape index (κ3) is 2.44. The molecule has 2 aromatic heterocycles. The highest BCUT2D eigenvalue weighted by molar-refractivity contribution is 5.32.